The average molecular weight is 1040 g/mol. The van der Waals surface area contributed by atoms with E-state index in [-0.39, 0.29) is 34.5 Å². The largest absolute Gasteiger partial charge is 0.508 e. The maximum absolute atomic E-state index is 10.7. The number of rotatable bonds is 4. The maximum Gasteiger partial charge on any atom is 0.119 e. The van der Waals surface area contributed by atoms with Gasteiger partial charge in [0.25, 0.3) is 0 Å². The zero-order chi connectivity index (χ0) is 53.9. The van der Waals surface area contributed by atoms with Crippen molar-refractivity contribution in [2.75, 3.05) is 5.73 Å². The number of hydrogen-bond acceptors (Lipinski definition) is 11. The van der Waals surface area contributed by atoms with E-state index in [4.69, 9.17) is 15.7 Å². The third-order valence-electron chi connectivity index (χ3n) is 13.5. The molecule has 0 unspecified atom stereocenters. The molecule has 0 aliphatic carbocycles. The second-order valence-electron chi connectivity index (χ2n) is 19.3. The molecule has 16 bridgehead atoms. The van der Waals surface area contributed by atoms with Crippen LogP contribution in [0.5, 0.6) is 34.5 Å². The Bertz CT molecular complexity index is 4430. The van der Waals surface area contributed by atoms with Gasteiger partial charge in [-0.15, -0.1) is 0 Å². The number of fused-ring (bicyclic) bond motifs is 16. The number of nitrogens with zero attached hydrogens (tertiary/aromatic N) is 4. The van der Waals surface area contributed by atoms with Gasteiger partial charge in [-0.1, -0.05) is 12.1 Å². The number of aromatic hydroxyl groups is 6. The van der Waals surface area contributed by atoms with Crippen LogP contribution in [0.2, 0.25) is 0 Å². The fourth-order valence-electron chi connectivity index (χ4n) is 10.2. The number of aromatic nitrogens is 8. The van der Waals surface area contributed by atoms with E-state index in [1.165, 1.54) is 30.3 Å². The van der Waals surface area contributed by atoms with Crippen LogP contribution in [0.3, 0.4) is 0 Å². The minimum Gasteiger partial charge on any atom is -0.508 e. The van der Waals surface area contributed by atoms with Gasteiger partial charge in [0.1, 0.15) is 34.5 Å². The lowest BCUT2D eigenvalue weighted by molar-refractivity contribution is 0.450. The molecule has 0 fully saturated rings. The van der Waals surface area contributed by atoms with Crippen LogP contribution < -0.4 is 5.73 Å². The number of H-pyrrole nitrogens is 4. The topological polar surface area (TPSA) is 262 Å². The molecule has 0 atom stereocenters. The predicted octanol–water partition coefficient (Wildman–Crippen LogP) is 13.8. The first-order chi connectivity index (χ1) is 38.3. The highest BCUT2D eigenvalue weighted by atomic mass is 16.3. The number of aromatic amines is 4. The molecule has 0 saturated carbocycles. The quantitative estimate of drug-likeness (QED) is 0.0739. The van der Waals surface area contributed by atoms with E-state index in [2.05, 4.69) is 54.2 Å². The van der Waals surface area contributed by atoms with Crippen molar-refractivity contribution in [1.29, 1.82) is 0 Å². The van der Waals surface area contributed by atoms with Crippen molar-refractivity contribution in [2.45, 2.75) is 0 Å². The van der Waals surface area contributed by atoms with Crippen LogP contribution in [0.1, 0.15) is 45.6 Å². The van der Waals surface area contributed by atoms with Gasteiger partial charge in [-0.3, -0.25) is 0 Å². The zero-order valence-electron chi connectivity index (χ0n) is 41.6. The van der Waals surface area contributed by atoms with E-state index in [1.54, 1.807) is 30.3 Å². The Morgan fingerprint density at radius 1 is 0.304 bits per heavy atom. The van der Waals surface area contributed by atoms with Gasteiger partial charge in [-0.2, -0.15) is 0 Å². The molecule has 0 spiro atoms. The Hall–Kier alpha value is -11.3. The zero-order valence-corrected chi connectivity index (χ0v) is 41.6. The van der Waals surface area contributed by atoms with Crippen LogP contribution in [0.25, 0.3) is 137 Å². The van der Waals surface area contributed by atoms with Crippen LogP contribution in [0.4, 0.5) is 5.69 Å². The summed E-state index contributed by atoms with van der Waals surface area (Å²) < 4.78 is 0. The lowest BCUT2D eigenvalue weighted by atomic mass is 9.98. The molecule has 12 N–H and O–H groups in total. The molecule has 10 aromatic rings. The molecule has 382 valence electrons. The molecular weight excluding hydrogens is 991 g/mol. The summed E-state index contributed by atoms with van der Waals surface area (Å²) >= 11 is 0. The summed E-state index contributed by atoms with van der Waals surface area (Å²) in [5.41, 5.74) is 23.9. The summed E-state index contributed by atoms with van der Waals surface area (Å²) in [4.78, 5) is 33.2. The number of phenols is 6. The molecule has 4 aliphatic rings. The summed E-state index contributed by atoms with van der Waals surface area (Å²) in [6, 6.07) is 44.3. The van der Waals surface area contributed by atoms with Crippen molar-refractivity contribution in [3.63, 3.8) is 0 Å². The summed E-state index contributed by atoms with van der Waals surface area (Å²) in [6.07, 6.45) is 15.4. The summed E-state index contributed by atoms with van der Waals surface area (Å²) in [7, 11) is 0. The first-order valence-electron chi connectivity index (χ1n) is 25.0. The molecule has 10 heterocycles. The van der Waals surface area contributed by atoms with Crippen molar-refractivity contribution in [2.24, 2.45) is 0 Å². The van der Waals surface area contributed by atoms with E-state index in [0.717, 1.165) is 56.0 Å². The Morgan fingerprint density at radius 2 is 0.696 bits per heavy atom. The molecular formula is C64H45N9O6. The van der Waals surface area contributed by atoms with Crippen LogP contribution in [0, 0.1) is 0 Å². The number of benzene rings is 4. The van der Waals surface area contributed by atoms with Crippen LogP contribution >= 0.6 is 0 Å². The molecule has 14 rings (SSSR count). The molecule has 79 heavy (non-hydrogen) atoms. The van der Waals surface area contributed by atoms with Gasteiger partial charge in [0.2, 0.25) is 0 Å². The van der Waals surface area contributed by atoms with E-state index in [9.17, 15) is 30.6 Å². The Labute approximate surface area is 449 Å². The molecule has 4 aromatic carbocycles. The number of nitrogens with one attached hydrogen (secondary N) is 4. The summed E-state index contributed by atoms with van der Waals surface area (Å²) in [5, 5.41) is 63.7. The van der Waals surface area contributed by atoms with E-state index in [1.807, 2.05) is 115 Å². The molecule has 6 aromatic heterocycles. The van der Waals surface area contributed by atoms with E-state index >= 15 is 0 Å². The van der Waals surface area contributed by atoms with Crippen molar-refractivity contribution in [1.82, 2.24) is 39.9 Å². The highest BCUT2D eigenvalue weighted by Gasteiger charge is 2.21. The minimum atomic E-state index is -0.159. The monoisotopic (exact) mass is 1040 g/mol. The van der Waals surface area contributed by atoms with Crippen LogP contribution in [-0.2, 0) is 0 Å². The van der Waals surface area contributed by atoms with Gasteiger partial charge in [-0.25, -0.2) is 19.9 Å². The van der Waals surface area contributed by atoms with Gasteiger partial charge >= 0.3 is 0 Å². The number of nitrogens with two attached hydrogens (primary N) is 1. The van der Waals surface area contributed by atoms with Crippen molar-refractivity contribution < 1.29 is 30.6 Å². The number of anilines is 1. The van der Waals surface area contributed by atoms with Crippen molar-refractivity contribution in [3.8, 4) is 79.0 Å². The maximum atomic E-state index is 10.7. The van der Waals surface area contributed by atoms with E-state index < -0.39 is 0 Å². The number of nitrogen functional groups attached to an aromatic ring is 1. The first kappa shape index (κ1) is 47.4. The highest BCUT2D eigenvalue weighted by Crippen LogP contribution is 2.42. The minimum absolute atomic E-state index is 0.129. The fourth-order valence-corrected chi connectivity index (χ4v) is 10.2. The van der Waals surface area contributed by atoms with E-state index in [0.29, 0.717) is 83.9 Å². The standard InChI is InChI=1S/C44H31N5O6.C20H14N4/c45-26-3-1-2-22(10-26)35-18-28-17-27-4-5-36(46-27)41(23-11-29(50)19-30(51)12-23)37-6-7-38(48-37)42(24-13-31(52)20-32(53)14-24)39-8-9-40(49-39)43(44(35)47-28)25-15-33(54)21-34(55)16-25;1-2-14-10-16-5-6-18(23-16)12-20-8-7-19(24-20)11-17-4-3-15(22-17)9-13(1)21-14/h1-21,47-48,50-55H,45H2;1-12,21,24H. The van der Waals surface area contributed by atoms with Gasteiger partial charge < -0.3 is 56.3 Å². The third kappa shape index (κ3) is 9.69. The molecule has 15 heteroatoms. The second-order valence-corrected chi connectivity index (χ2v) is 19.3. The van der Waals surface area contributed by atoms with Gasteiger partial charge in [0.05, 0.1) is 51.1 Å². The normalized spacial score (nSPS) is 12.2. The first-order valence-corrected chi connectivity index (χ1v) is 25.0. The van der Waals surface area contributed by atoms with Crippen molar-refractivity contribution in [3.05, 3.63) is 197 Å². The van der Waals surface area contributed by atoms with Crippen LogP contribution in [-0.4, -0.2) is 70.5 Å². The SMILES string of the molecule is C1=Cc2cc3ccc(cc4nc(cc5ccc(cc1n2)[nH]5)C=C4)[nH]3.Nc1cccc(-c2cc3cc4nc(c(-c5cc(O)cc(O)c5)c5ccc([nH]5)c(-c5cc(O)cc(O)c5)c5nc(c(-c6cc(O)cc(O)c6)c2[nH]3)C=C5)C=C4)c1. The molecule has 0 amide bonds. The number of hydrogen-bond donors (Lipinski definition) is 11. The molecule has 0 radical (unpaired) electrons. The Kier molecular flexibility index (Phi) is 11.5. The Balaban J connectivity index is 0.000000204. The van der Waals surface area contributed by atoms with Gasteiger partial charge in [0.15, 0.2) is 0 Å². The Morgan fingerprint density at radius 3 is 1.16 bits per heavy atom. The fraction of sp³-hybridized carbons (Fsp3) is 0. The molecule has 0 saturated heterocycles. The molecule has 15 nitrogen and oxygen atoms in total. The predicted molar refractivity (Wildman–Crippen MR) is 314 cm³/mol. The second kappa shape index (κ2) is 19.1. The lowest BCUT2D eigenvalue weighted by Crippen LogP contribution is -1.90. The number of phenolic OH excluding ortho intramolecular Hbond substituents is 6. The highest BCUT2D eigenvalue weighted by molar-refractivity contribution is 6.02. The smallest absolute Gasteiger partial charge is 0.119 e. The lowest BCUT2D eigenvalue weighted by Gasteiger charge is -2.09. The van der Waals surface area contributed by atoms with Crippen molar-refractivity contribution >= 4 is 98.4 Å². The summed E-state index contributed by atoms with van der Waals surface area (Å²) in [6.45, 7) is 0. The van der Waals surface area contributed by atoms with Gasteiger partial charge in [0, 0.05) is 84.8 Å². The average Bonchev–Trinajstić information content (AvgIpc) is 4.45. The summed E-state index contributed by atoms with van der Waals surface area (Å²) in [5.74, 6) is -0.867. The van der Waals surface area contributed by atoms with Crippen LogP contribution in [0.15, 0.2) is 152 Å². The van der Waals surface area contributed by atoms with Gasteiger partial charge in [-0.05, 0) is 192 Å². The third-order valence-corrected chi connectivity index (χ3v) is 13.5. The molecule has 4 aliphatic heterocycles.